The molecule has 3 amide bonds. The van der Waals surface area contributed by atoms with Crippen LogP contribution in [0, 0.1) is 5.92 Å². The molecule has 162 valence electrons. The van der Waals surface area contributed by atoms with Crippen molar-refractivity contribution in [3.05, 3.63) is 54.1 Å². The molecule has 0 radical (unpaired) electrons. The number of nitrogens with two attached hydrogens (primary N) is 1. The largest absolute Gasteiger partial charge is 0.452 e. The van der Waals surface area contributed by atoms with Crippen molar-refractivity contribution in [3.8, 4) is 0 Å². The summed E-state index contributed by atoms with van der Waals surface area (Å²) in [4.78, 5) is 51.0. The molecule has 1 heterocycles. The number of carbonyl (C=O) groups excluding carboxylic acids is 4. The fourth-order valence-corrected chi connectivity index (χ4v) is 3.63. The maximum atomic E-state index is 12.5. The van der Waals surface area contributed by atoms with E-state index in [2.05, 4.69) is 5.32 Å². The summed E-state index contributed by atoms with van der Waals surface area (Å²) in [5, 5.41) is 2.61. The lowest BCUT2D eigenvalue weighted by Crippen LogP contribution is -2.33. The molecule has 2 atom stereocenters. The minimum Gasteiger partial charge on any atom is -0.452 e. The Morgan fingerprint density at radius 3 is 2.55 bits per heavy atom. The zero-order chi connectivity index (χ0) is 22.5. The second-order valence-corrected chi connectivity index (χ2v) is 8.00. The average molecular weight is 442 g/mol. The summed E-state index contributed by atoms with van der Waals surface area (Å²) in [5.74, 6) is -2.49. The van der Waals surface area contributed by atoms with Crippen LogP contribution >= 0.6 is 11.8 Å². The number of amides is 3. The van der Waals surface area contributed by atoms with Crippen LogP contribution in [-0.4, -0.2) is 42.6 Å². The average Bonchev–Trinajstić information content (AvgIpc) is 3.16. The van der Waals surface area contributed by atoms with E-state index in [4.69, 9.17) is 10.5 Å². The number of hydrogen-bond donors (Lipinski definition) is 2. The highest BCUT2D eigenvalue weighted by Crippen LogP contribution is 2.29. The van der Waals surface area contributed by atoms with E-state index in [0.29, 0.717) is 11.3 Å². The van der Waals surface area contributed by atoms with E-state index in [1.54, 1.807) is 16.7 Å². The fourth-order valence-electron chi connectivity index (χ4n) is 3.18. The molecule has 0 aromatic heterocycles. The van der Waals surface area contributed by atoms with E-state index < -0.39 is 29.8 Å². The Kier molecular flexibility index (Phi) is 6.96. The van der Waals surface area contributed by atoms with Crippen LogP contribution in [-0.2, 0) is 19.1 Å². The van der Waals surface area contributed by atoms with E-state index >= 15 is 0 Å². The van der Waals surface area contributed by atoms with Crippen LogP contribution in [0.2, 0.25) is 0 Å². The van der Waals surface area contributed by atoms with Gasteiger partial charge in [0.05, 0.1) is 5.92 Å². The third-order valence-corrected chi connectivity index (χ3v) is 5.65. The zero-order valence-corrected chi connectivity index (χ0v) is 18.0. The minimum absolute atomic E-state index is 0.0330. The van der Waals surface area contributed by atoms with Crippen LogP contribution in [0.25, 0.3) is 0 Å². The molecular weight excluding hydrogens is 418 g/mol. The van der Waals surface area contributed by atoms with Gasteiger partial charge in [0, 0.05) is 34.8 Å². The Morgan fingerprint density at radius 2 is 1.90 bits per heavy atom. The molecule has 9 heteroatoms. The summed E-state index contributed by atoms with van der Waals surface area (Å²) in [5.41, 5.74) is 6.67. The van der Waals surface area contributed by atoms with Gasteiger partial charge in [-0.2, -0.15) is 0 Å². The number of ether oxygens (including phenoxy) is 1. The number of anilines is 2. The SMILES string of the molecule is CSc1cccc(N2C[C@H](C(=O)O[C@@H](C)C(=O)Nc3ccc(C(N)=O)cc3)CC2=O)c1. The third-order valence-electron chi connectivity index (χ3n) is 4.92. The van der Waals surface area contributed by atoms with Crippen molar-refractivity contribution < 1.29 is 23.9 Å². The van der Waals surface area contributed by atoms with Gasteiger partial charge in [0.1, 0.15) is 0 Å². The second-order valence-electron chi connectivity index (χ2n) is 7.12. The van der Waals surface area contributed by atoms with Gasteiger partial charge in [0.15, 0.2) is 6.10 Å². The van der Waals surface area contributed by atoms with E-state index in [9.17, 15) is 19.2 Å². The lowest BCUT2D eigenvalue weighted by molar-refractivity contribution is -0.157. The van der Waals surface area contributed by atoms with Gasteiger partial charge in [0.2, 0.25) is 11.8 Å². The molecule has 0 bridgehead atoms. The molecule has 3 N–H and O–H groups in total. The van der Waals surface area contributed by atoms with Gasteiger partial charge in [-0.05, 0) is 55.6 Å². The third kappa shape index (κ3) is 5.43. The van der Waals surface area contributed by atoms with Crippen molar-refractivity contribution in [2.75, 3.05) is 23.0 Å². The quantitative estimate of drug-likeness (QED) is 0.503. The van der Waals surface area contributed by atoms with Crippen molar-refractivity contribution in [2.45, 2.75) is 24.3 Å². The van der Waals surface area contributed by atoms with E-state index in [1.807, 2.05) is 30.5 Å². The number of primary amides is 1. The molecule has 1 fully saturated rings. The van der Waals surface area contributed by atoms with Crippen molar-refractivity contribution >= 4 is 46.8 Å². The van der Waals surface area contributed by atoms with Gasteiger partial charge in [-0.3, -0.25) is 19.2 Å². The van der Waals surface area contributed by atoms with Gasteiger partial charge < -0.3 is 20.7 Å². The van der Waals surface area contributed by atoms with Crippen molar-refractivity contribution in [3.63, 3.8) is 0 Å². The van der Waals surface area contributed by atoms with Crippen LogP contribution in [0.4, 0.5) is 11.4 Å². The van der Waals surface area contributed by atoms with Crippen molar-refractivity contribution in [1.29, 1.82) is 0 Å². The Labute approximate surface area is 184 Å². The van der Waals surface area contributed by atoms with Gasteiger partial charge in [-0.1, -0.05) is 6.07 Å². The van der Waals surface area contributed by atoms with Gasteiger partial charge in [-0.15, -0.1) is 11.8 Å². The maximum Gasteiger partial charge on any atom is 0.312 e. The highest BCUT2D eigenvalue weighted by atomic mass is 32.2. The zero-order valence-electron chi connectivity index (χ0n) is 17.2. The Hall–Kier alpha value is -3.33. The lowest BCUT2D eigenvalue weighted by atomic mass is 10.1. The maximum absolute atomic E-state index is 12.5. The topological polar surface area (TPSA) is 119 Å². The van der Waals surface area contributed by atoms with Crippen LogP contribution in [0.3, 0.4) is 0 Å². The molecular formula is C22H23N3O5S. The first-order valence-corrected chi connectivity index (χ1v) is 10.9. The number of carbonyl (C=O) groups is 4. The predicted molar refractivity (Wildman–Crippen MR) is 118 cm³/mol. The van der Waals surface area contributed by atoms with Crippen LogP contribution < -0.4 is 16.0 Å². The first-order chi connectivity index (χ1) is 14.8. The summed E-state index contributed by atoms with van der Waals surface area (Å²) < 4.78 is 5.30. The monoisotopic (exact) mass is 441 g/mol. The van der Waals surface area contributed by atoms with Crippen LogP contribution in [0.1, 0.15) is 23.7 Å². The molecule has 2 aromatic carbocycles. The first-order valence-electron chi connectivity index (χ1n) is 9.64. The Bertz CT molecular complexity index is 1010. The minimum atomic E-state index is -1.05. The highest BCUT2D eigenvalue weighted by molar-refractivity contribution is 7.98. The molecule has 0 unspecified atom stereocenters. The number of benzene rings is 2. The summed E-state index contributed by atoms with van der Waals surface area (Å²) >= 11 is 1.57. The second kappa shape index (κ2) is 9.65. The molecule has 1 aliphatic heterocycles. The number of rotatable bonds is 7. The predicted octanol–water partition coefficient (Wildman–Crippen LogP) is 2.43. The summed E-state index contributed by atoms with van der Waals surface area (Å²) in [6.45, 7) is 1.67. The van der Waals surface area contributed by atoms with Crippen LogP contribution in [0.15, 0.2) is 53.4 Å². The molecule has 0 saturated carbocycles. The molecule has 2 aromatic rings. The van der Waals surface area contributed by atoms with E-state index in [0.717, 1.165) is 10.6 Å². The number of thioether (sulfide) groups is 1. The normalized spacial score (nSPS) is 16.6. The van der Waals surface area contributed by atoms with E-state index in [-0.39, 0.29) is 18.9 Å². The van der Waals surface area contributed by atoms with Gasteiger partial charge >= 0.3 is 5.97 Å². The van der Waals surface area contributed by atoms with Gasteiger partial charge in [0.25, 0.3) is 5.91 Å². The molecule has 3 rings (SSSR count). The summed E-state index contributed by atoms with van der Waals surface area (Å²) in [7, 11) is 0. The standard InChI is InChI=1S/C22H23N3O5S/c1-13(21(28)24-16-8-6-14(7-9-16)20(23)27)30-22(29)15-10-19(26)25(12-15)17-4-3-5-18(11-17)31-2/h3-9,11,13,15H,10,12H2,1-2H3,(H2,23,27)(H,24,28)/t13-,15+/m0/s1. The van der Waals surface area contributed by atoms with Crippen molar-refractivity contribution in [2.24, 2.45) is 11.7 Å². The molecule has 8 nitrogen and oxygen atoms in total. The number of nitrogens with zero attached hydrogens (tertiary/aromatic N) is 1. The summed E-state index contributed by atoms with van der Waals surface area (Å²) in [6, 6.07) is 13.6. The number of hydrogen-bond acceptors (Lipinski definition) is 6. The first kappa shape index (κ1) is 22.4. The Morgan fingerprint density at radius 1 is 1.19 bits per heavy atom. The molecule has 0 spiro atoms. The summed E-state index contributed by atoms with van der Waals surface area (Å²) in [6.07, 6.45) is 0.932. The highest BCUT2D eigenvalue weighted by Gasteiger charge is 2.37. The smallest absolute Gasteiger partial charge is 0.312 e. The lowest BCUT2D eigenvalue weighted by Gasteiger charge is -2.18. The molecule has 31 heavy (non-hydrogen) atoms. The van der Waals surface area contributed by atoms with Gasteiger partial charge in [-0.25, -0.2) is 0 Å². The number of nitrogens with one attached hydrogen (secondary N) is 1. The van der Waals surface area contributed by atoms with E-state index in [1.165, 1.54) is 31.2 Å². The Balaban J connectivity index is 1.57. The van der Waals surface area contributed by atoms with Crippen LogP contribution in [0.5, 0.6) is 0 Å². The van der Waals surface area contributed by atoms with Crippen molar-refractivity contribution in [1.82, 2.24) is 0 Å². The molecule has 1 aliphatic rings. The molecule has 1 saturated heterocycles. The fraction of sp³-hybridized carbons (Fsp3) is 0.273. The number of esters is 1. The molecule has 0 aliphatic carbocycles.